The Hall–Kier alpha value is -1.36. The second-order valence-electron chi connectivity index (χ2n) is 4.89. The highest BCUT2D eigenvalue weighted by molar-refractivity contribution is 5.85. The molecule has 0 saturated heterocycles. The Balaban J connectivity index is 1.95. The fraction of sp³-hybridized carbons (Fsp3) is 0.692. The molecular weight excluding hydrogens is 232 g/mol. The van der Waals surface area contributed by atoms with Crippen LogP contribution in [0.4, 0.5) is 0 Å². The van der Waals surface area contributed by atoms with Gasteiger partial charge in [-0.05, 0) is 26.2 Å². The summed E-state index contributed by atoms with van der Waals surface area (Å²) >= 11 is 0. The summed E-state index contributed by atoms with van der Waals surface area (Å²) in [5, 5.41) is 0. The van der Waals surface area contributed by atoms with Gasteiger partial charge in [-0.1, -0.05) is 12.2 Å². The molecule has 0 aliphatic heterocycles. The minimum atomic E-state index is -0.330. The lowest BCUT2D eigenvalue weighted by Crippen LogP contribution is -2.41. The van der Waals surface area contributed by atoms with E-state index < -0.39 is 0 Å². The van der Waals surface area contributed by atoms with E-state index in [0.29, 0.717) is 13.0 Å². The average molecular weight is 252 g/mol. The van der Waals surface area contributed by atoms with Crippen LogP contribution in [0.3, 0.4) is 0 Å². The lowest BCUT2D eigenvalue weighted by molar-refractivity contribution is -0.150. The van der Waals surface area contributed by atoms with E-state index in [0.717, 1.165) is 12.8 Å². The number of amides is 1. The number of nitrogens with two attached hydrogens (primary N) is 1. The maximum Gasteiger partial charge on any atom is 0.325 e. The van der Waals surface area contributed by atoms with Crippen molar-refractivity contribution >= 4 is 11.9 Å². The summed E-state index contributed by atoms with van der Waals surface area (Å²) in [6.07, 6.45) is 6.32. The van der Waals surface area contributed by atoms with Crippen LogP contribution in [0.2, 0.25) is 0 Å². The van der Waals surface area contributed by atoms with Crippen LogP contribution < -0.4 is 5.73 Å². The van der Waals surface area contributed by atoms with E-state index in [4.69, 9.17) is 10.5 Å². The minimum Gasteiger partial charge on any atom is -0.465 e. The molecule has 5 nitrogen and oxygen atoms in total. The molecule has 0 radical (unpaired) electrons. The van der Waals surface area contributed by atoms with Crippen molar-refractivity contribution in [3.05, 3.63) is 12.2 Å². The lowest BCUT2D eigenvalue weighted by atomic mass is 10.1. The molecular formula is C13H20N2O3. The molecule has 0 spiro atoms. The standard InChI is InChI=1S/C13H20N2O3/c1-2-18-12(16)8-15(11-5-6-11)13(17)9-3-4-10(14)7-9/h3-4,9-11H,2,5-8,14H2,1H3. The smallest absolute Gasteiger partial charge is 0.325 e. The molecule has 2 atom stereocenters. The largest absolute Gasteiger partial charge is 0.465 e. The first-order valence-corrected chi connectivity index (χ1v) is 6.51. The summed E-state index contributed by atoms with van der Waals surface area (Å²) in [7, 11) is 0. The Morgan fingerprint density at radius 1 is 1.39 bits per heavy atom. The Kier molecular flexibility index (Phi) is 4.01. The van der Waals surface area contributed by atoms with Gasteiger partial charge in [0.2, 0.25) is 5.91 Å². The van der Waals surface area contributed by atoms with Gasteiger partial charge in [-0.15, -0.1) is 0 Å². The molecule has 18 heavy (non-hydrogen) atoms. The number of ether oxygens (including phenoxy) is 1. The molecule has 2 aliphatic carbocycles. The van der Waals surface area contributed by atoms with Crippen molar-refractivity contribution in [2.75, 3.05) is 13.2 Å². The molecule has 0 aromatic heterocycles. The third-order valence-electron chi connectivity index (χ3n) is 3.31. The van der Waals surface area contributed by atoms with Gasteiger partial charge in [0.1, 0.15) is 6.54 Å². The van der Waals surface area contributed by atoms with E-state index >= 15 is 0 Å². The predicted octanol–water partition coefficient (Wildman–Crippen LogP) is 0.444. The third-order valence-corrected chi connectivity index (χ3v) is 3.31. The number of hydrogen-bond acceptors (Lipinski definition) is 4. The first kappa shape index (κ1) is 13.1. The second kappa shape index (κ2) is 5.52. The maximum atomic E-state index is 12.3. The molecule has 1 amide bonds. The van der Waals surface area contributed by atoms with Gasteiger partial charge in [0.25, 0.3) is 0 Å². The highest BCUT2D eigenvalue weighted by atomic mass is 16.5. The van der Waals surface area contributed by atoms with Crippen molar-refractivity contribution in [3.8, 4) is 0 Å². The Labute approximate surface area is 107 Å². The van der Waals surface area contributed by atoms with E-state index in [9.17, 15) is 9.59 Å². The molecule has 0 bridgehead atoms. The van der Waals surface area contributed by atoms with Gasteiger partial charge in [-0.2, -0.15) is 0 Å². The molecule has 5 heteroatoms. The van der Waals surface area contributed by atoms with Crippen molar-refractivity contribution in [1.29, 1.82) is 0 Å². The summed E-state index contributed by atoms with van der Waals surface area (Å²) in [4.78, 5) is 25.5. The molecule has 0 aromatic rings. The summed E-state index contributed by atoms with van der Waals surface area (Å²) < 4.78 is 4.91. The highest BCUT2D eigenvalue weighted by Crippen LogP contribution is 2.30. The van der Waals surface area contributed by atoms with E-state index in [1.165, 1.54) is 0 Å². The summed E-state index contributed by atoms with van der Waals surface area (Å²) in [6.45, 7) is 2.18. The van der Waals surface area contributed by atoms with E-state index in [1.807, 2.05) is 12.2 Å². The molecule has 2 unspecified atom stereocenters. The van der Waals surface area contributed by atoms with E-state index in [-0.39, 0.29) is 36.4 Å². The van der Waals surface area contributed by atoms with Crippen molar-refractivity contribution in [2.24, 2.45) is 11.7 Å². The van der Waals surface area contributed by atoms with Crippen LogP contribution in [-0.4, -0.2) is 42.0 Å². The van der Waals surface area contributed by atoms with Crippen LogP contribution in [0.25, 0.3) is 0 Å². The number of carbonyl (C=O) groups is 2. The van der Waals surface area contributed by atoms with Crippen LogP contribution in [0.15, 0.2) is 12.2 Å². The van der Waals surface area contributed by atoms with Gasteiger partial charge in [-0.3, -0.25) is 9.59 Å². The van der Waals surface area contributed by atoms with Crippen LogP contribution in [0, 0.1) is 5.92 Å². The Bertz CT molecular complexity index is 363. The van der Waals surface area contributed by atoms with Gasteiger partial charge in [0.15, 0.2) is 0 Å². The molecule has 0 aromatic carbocycles. The van der Waals surface area contributed by atoms with Crippen LogP contribution in [0.1, 0.15) is 26.2 Å². The summed E-state index contributed by atoms with van der Waals surface area (Å²) in [5.41, 5.74) is 5.75. The van der Waals surface area contributed by atoms with Gasteiger partial charge in [-0.25, -0.2) is 0 Å². The third kappa shape index (κ3) is 3.10. The summed E-state index contributed by atoms with van der Waals surface area (Å²) in [5.74, 6) is -0.492. The molecule has 1 saturated carbocycles. The van der Waals surface area contributed by atoms with Gasteiger partial charge in [0, 0.05) is 12.1 Å². The molecule has 2 aliphatic rings. The van der Waals surface area contributed by atoms with Gasteiger partial charge in [0.05, 0.1) is 12.5 Å². The zero-order valence-electron chi connectivity index (χ0n) is 10.7. The average Bonchev–Trinajstić information content (AvgIpc) is 3.08. The minimum absolute atomic E-state index is 0.00903. The molecule has 0 heterocycles. The van der Waals surface area contributed by atoms with Crippen LogP contribution >= 0.6 is 0 Å². The zero-order valence-corrected chi connectivity index (χ0v) is 10.7. The fourth-order valence-corrected chi connectivity index (χ4v) is 2.24. The van der Waals surface area contributed by atoms with Gasteiger partial charge >= 0.3 is 5.97 Å². The van der Waals surface area contributed by atoms with Crippen molar-refractivity contribution in [1.82, 2.24) is 4.90 Å². The number of esters is 1. The highest BCUT2D eigenvalue weighted by Gasteiger charge is 2.37. The van der Waals surface area contributed by atoms with Crippen LogP contribution in [0.5, 0.6) is 0 Å². The second-order valence-corrected chi connectivity index (χ2v) is 4.89. The van der Waals surface area contributed by atoms with Crippen molar-refractivity contribution < 1.29 is 14.3 Å². The van der Waals surface area contributed by atoms with E-state index in [1.54, 1.807) is 11.8 Å². The Morgan fingerprint density at radius 2 is 2.11 bits per heavy atom. The SMILES string of the molecule is CCOC(=O)CN(C(=O)C1C=CC(N)C1)C1CC1. The molecule has 2 rings (SSSR count). The molecule has 1 fully saturated rings. The number of hydrogen-bond donors (Lipinski definition) is 1. The quantitative estimate of drug-likeness (QED) is 0.569. The monoisotopic (exact) mass is 252 g/mol. The lowest BCUT2D eigenvalue weighted by Gasteiger charge is -2.24. The fourth-order valence-electron chi connectivity index (χ4n) is 2.24. The predicted molar refractivity (Wildman–Crippen MR) is 66.6 cm³/mol. The maximum absolute atomic E-state index is 12.3. The normalized spacial score (nSPS) is 26.1. The van der Waals surface area contributed by atoms with Crippen LogP contribution in [-0.2, 0) is 14.3 Å². The summed E-state index contributed by atoms with van der Waals surface area (Å²) in [6, 6.07) is 0.176. The number of nitrogens with zero attached hydrogens (tertiary/aromatic N) is 1. The first-order valence-electron chi connectivity index (χ1n) is 6.51. The zero-order chi connectivity index (χ0) is 13.1. The first-order chi connectivity index (χ1) is 8.61. The topological polar surface area (TPSA) is 72.6 Å². The van der Waals surface area contributed by atoms with Crippen molar-refractivity contribution in [3.63, 3.8) is 0 Å². The number of carbonyl (C=O) groups excluding carboxylic acids is 2. The Morgan fingerprint density at radius 3 is 2.61 bits per heavy atom. The molecule has 100 valence electrons. The van der Waals surface area contributed by atoms with Gasteiger partial charge < -0.3 is 15.4 Å². The number of rotatable bonds is 5. The van der Waals surface area contributed by atoms with E-state index in [2.05, 4.69) is 0 Å². The van der Waals surface area contributed by atoms with Crippen molar-refractivity contribution in [2.45, 2.75) is 38.3 Å². The molecule has 2 N–H and O–H groups in total.